The summed E-state index contributed by atoms with van der Waals surface area (Å²) in [4.78, 5) is 20.1. The monoisotopic (exact) mass is 384 g/mol. The predicted molar refractivity (Wildman–Crippen MR) is 105 cm³/mol. The number of ether oxygens (including phenoxy) is 2. The Bertz CT molecular complexity index is 1000. The maximum absolute atomic E-state index is 12.2. The number of benzene rings is 1. The van der Waals surface area contributed by atoms with Gasteiger partial charge in [0.25, 0.3) is 0 Å². The van der Waals surface area contributed by atoms with Gasteiger partial charge in [0.15, 0.2) is 5.76 Å². The molecule has 0 radical (unpaired) electrons. The lowest BCUT2D eigenvalue weighted by Crippen LogP contribution is -2.04. The van der Waals surface area contributed by atoms with Crippen molar-refractivity contribution in [1.29, 1.82) is 0 Å². The largest absolute Gasteiger partial charge is 0.501 e. The van der Waals surface area contributed by atoms with Crippen LogP contribution in [-0.2, 0) is 17.8 Å². The third kappa shape index (κ3) is 4.09. The molecular weight excluding hydrogens is 360 g/mol. The van der Waals surface area contributed by atoms with Gasteiger partial charge in [-0.3, -0.25) is 4.79 Å². The first-order valence-electron chi connectivity index (χ1n) is 9.01. The number of hydrogen-bond acceptors (Lipinski definition) is 6. The number of hydrogen-bond donors (Lipinski definition) is 2. The minimum absolute atomic E-state index is 0.0490. The summed E-state index contributed by atoms with van der Waals surface area (Å²) in [5.74, 6) is 1.75. The van der Waals surface area contributed by atoms with Crippen LogP contribution in [0.15, 0.2) is 39.5 Å². The molecule has 7 nitrogen and oxygen atoms in total. The van der Waals surface area contributed by atoms with Gasteiger partial charge in [0.05, 0.1) is 12.8 Å². The number of aromatic amines is 1. The zero-order chi connectivity index (χ0) is 20.3. The van der Waals surface area contributed by atoms with Gasteiger partial charge in [0, 0.05) is 25.2 Å². The fraction of sp³-hybridized carbons (Fsp3) is 0.333. The molecule has 2 heterocycles. The van der Waals surface area contributed by atoms with Crippen molar-refractivity contribution < 1.29 is 19.0 Å². The molecule has 2 aromatic heterocycles. The molecule has 0 aliphatic rings. The number of aromatic hydroxyl groups is 1. The van der Waals surface area contributed by atoms with Crippen molar-refractivity contribution >= 4 is 0 Å². The van der Waals surface area contributed by atoms with Crippen LogP contribution in [0, 0.1) is 5.92 Å². The second kappa shape index (κ2) is 8.31. The molecule has 0 bridgehead atoms. The Morgan fingerprint density at radius 2 is 1.93 bits per heavy atom. The Hall–Kier alpha value is -3.06. The zero-order valence-electron chi connectivity index (χ0n) is 16.4. The van der Waals surface area contributed by atoms with Crippen LogP contribution in [-0.4, -0.2) is 29.3 Å². The molecule has 0 saturated carbocycles. The van der Waals surface area contributed by atoms with Gasteiger partial charge in [-0.25, -0.2) is 4.98 Å². The molecular formula is C21H24N2O5. The quantitative estimate of drug-likeness (QED) is 0.644. The molecule has 3 rings (SSSR count). The number of methoxy groups -OCH3 is 2. The van der Waals surface area contributed by atoms with E-state index >= 15 is 0 Å². The second-order valence-electron chi connectivity index (χ2n) is 6.92. The molecule has 0 amide bonds. The fourth-order valence-corrected chi connectivity index (χ4v) is 2.95. The molecule has 0 unspecified atom stereocenters. The Kier molecular flexibility index (Phi) is 5.84. The third-order valence-electron chi connectivity index (χ3n) is 4.21. The summed E-state index contributed by atoms with van der Waals surface area (Å²) in [6.07, 6.45) is 0.714. The first-order chi connectivity index (χ1) is 13.4. The van der Waals surface area contributed by atoms with E-state index in [1.165, 1.54) is 13.2 Å². The van der Waals surface area contributed by atoms with E-state index in [-0.39, 0.29) is 12.4 Å². The molecule has 148 valence electrons. The smallest absolute Gasteiger partial charge is 0.227 e. The molecule has 28 heavy (non-hydrogen) atoms. The lowest BCUT2D eigenvalue weighted by Gasteiger charge is -2.07. The summed E-state index contributed by atoms with van der Waals surface area (Å²) < 4.78 is 16.0. The van der Waals surface area contributed by atoms with E-state index in [1.54, 1.807) is 7.11 Å². The van der Waals surface area contributed by atoms with Crippen LogP contribution in [0.25, 0.3) is 22.7 Å². The first kappa shape index (κ1) is 19.7. The van der Waals surface area contributed by atoms with Gasteiger partial charge >= 0.3 is 0 Å². The van der Waals surface area contributed by atoms with E-state index in [9.17, 15) is 9.90 Å². The Labute approximate surface area is 163 Å². The molecule has 0 spiro atoms. The number of nitrogens with one attached hydrogen (secondary N) is 1. The highest BCUT2D eigenvalue weighted by Crippen LogP contribution is 2.35. The summed E-state index contributed by atoms with van der Waals surface area (Å²) in [7, 11) is 3.11. The van der Waals surface area contributed by atoms with E-state index in [0.717, 1.165) is 17.1 Å². The minimum Gasteiger partial charge on any atom is -0.501 e. The van der Waals surface area contributed by atoms with E-state index in [0.29, 0.717) is 29.5 Å². The molecule has 7 heteroatoms. The van der Waals surface area contributed by atoms with Gasteiger partial charge in [-0.05, 0) is 30.2 Å². The number of aromatic nitrogens is 2. The van der Waals surface area contributed by atoms with Crippen LogP contribution in [0.5, 0.6) is 11.5 Å². The zero-order valence-corrected chi connectivity index (χ0v) is 16.4. The van der Waals surface area contributed by atoms with E-state index in [2.05, 4.69) is 18.8 Å². The van der Waals surface area contributed by atoms with Crippen LogP contribution in [0.3, 0.4) is 0 Å². The van der Waals surface area contributed by atoms with Crippen molar-refractivity contribution in [1.82, 2.24) is 9.97 Å². The molecule has 1 aromatic carbocycles. The molecule has 0 aliphatic heterocycles. The van der Waals surface area contributed by atoms with Gasteiger partial charge < -0.3 is 24.0 Å². The Morgan fingerprint density at radius 3 is 2.54 bits per heavy atom. The highest BCUT2D eigenvalue weighted by atomic mass is 16.5. The highest BCUT2D eigenvalue weighted by molar-refractivity contribution is 5.78. The molecule has 0 aliphatic carbocycles. The summed E-state index contributed by atoms with van der Waals surface area (Å²) in [6.45, 7) is 4.30. The van der Waals surface area contributed by atoms with Gasteiger partial charge in [-0.1, -0.05) is 13.8 Å². The lowest BCUT2D eigenvalue weighted by molar-refractivity contribution is 0.162. The molecule has 2 N–H and O–H groups in total. The van der Waals surface area contributed by atoms with E-state index < -0.39 is 11.2 Å². The second-order valence-corrected chi connectivity index (χ2v) is 6.92. The first-order valence-corrected chi connectivity index (χ1v) is 9.01. The number of rotatable bonds is 7. The van der Waals surface area contributed by atoms with Gasteiger partial charge in [-0.2, -0.15) is 0 Å². The molecule has 3 aromatic rings. The van der Waals surface area contributed by atoms with Crippen molar-refractivity contribution in [3.8, 4) is 34.2 Å². The predicted octanol–water partition coefficient (Wildman–Crippen LogP) is 3.76. The van der Waals surface area contributed by atoms with Gasteiger partial charge in [0.1, 0.15) is 29.6 Å². The fourth-order valence-electron chi connectivity index (χ4n) is 2.95. The third-order valence-corrected chi connectivity index (χ3v) is 4.21. The van der Waals surface area contributed by atoms with Crippen molar-refractivity contribution in [2.24, 2.45) is 5.92 Å². The van der Waals surface area contributed by atoms with Gasteiger partial charge in [0.2, 0.25) is 11.2 Å². The standard InChI is InChI=1S/C21H24N2O5/c1-12(2)9-17-22-18(13-5-7-14(27-4)8-6-13)19(23-17)21-20(25)16(24)10-15(28-21)11-26-3/h5-8,10,12,25H,9,11H2,1-4H3,(H,22,23). The summed E-state index contributed by atoms with van der Waals surface area (Å²) in [6, 6.07) is 8.61. The molecule has 0 fully saturated rings. The van der Waals surface area contributed by atoms with Crippen molar-refractivity contribution in [3.05, 3.63) is 52.1 Å². The normalized spacial score (nSPS) is 11.2. The van der Waals surface area contributed by atoms with E-state index in [4.69, 9.17) is 18.9 Å². The van der Waals surface area contributed by atoms with Crippen LogP contribution < -0.4 is 10.2 Å². The van der Waals surface area contributed by atoms with Crippen LogP contribution in [0.4, 0.5) is 0 Å². The number of imidazole rings is 1. The van der Waals surface area contributed by atoms with Crippen molar-refractivity contribution in [3.63, 3.8) is 0 Å². The summed E-state index contributed by atoms with van der Waals surface area (Å²) >= 11 is 0. The minimum atomic E-state index is -0.533. The molecule has 0 atom stereocenters. The number of H-pyrrole nitrogens is 1. The van der Waals surface area contributed by atoms with Crippen molar-refractivity contribution in [2.45, 2.75) is 26.9 Å². The topological polar surface area (TPSA) is 97.6 Å². The number of nitrogens with zero attached hydrogens (tertiary/aromatic N) is 1. The average Bonchev–Trinajstić information content (AvgIpc) is 3.07. The lowest BCUT2D eigenvalue weighted by atomic mass is 10.1. The van der Waals surface area contributed by atoms with Crippen LogP contribution in [0.2, 0.25) is 0 Å². The Morgan fingerprint density at radius 1 is 1.21 bits per heavy atom. The molecule has 0 saturated heterocycles. The Balaban J connectivity index is 2.19. The van der Waals surface area contributed by atoms with Crippen molar-refractivity contribution in [2.75, 3.05) is 14.2 Å². The average molecular weight is 384 g/mol. The van der Waals surface area contributed by atoms with Crippen LogP contribution in [0.1, 0.15) is 25.4 Å². The maximum Gasteiger partial charge on any atom is 0.227 e. The summed E-state index contributed by atoms with van der Waals surface area (Å²) in [5, 5.41) is 10.4. The van der Waals surface area contributed by atoms with Gasteiger partial charge in [-0.15, -0.1) is 0 Å². The summed E-state index contributed by atoms with van der Waals surface area (Å²) in [5.41, 5.74) is 1.31. The highest BCUT2D eigenvalue weighted by Gasteiger charge is 2.22. The van der Waals surface area contributed by atoms with E-state index in [1.807, 2.05) is 24.3 Å². The SMILES string of the molecule is COCc1cc(=O)c(O)c(-c2[nH]c(CC(C)C)nc2-c2ccc(OC)cc2)o1. The van der Waals surface area contributed by atoms with Crippen LogP contribution >= 0.6 is 0 Å². The maximum atomic E-state index is 12.2.